The van der Waals surface area contributed by atoms with Crippen LogP contribution in [0.4, 0.5) is 10.1 Å². The van der Waals surface area contributed by atoms with Gasteiger partial charge in [-0.1, -0.05) is 19.1 Å². The summed E-state index contributed by atoms with van der Waals surface area (Å²) >= 11 is 0. The first-order chi connectivity index (χ1) is 16.4. The molecule has 5 nitrogen and oxygen atoms in total. The standard InChI is InChI=1S/C28H29FN2O3/c1-18-13-15-28(16-14-18)30-17-25(19-5-9-21(29)10-6-19)23-3-2-4-24(26(23)30)27(34-28)20-7-11-22(12-8-20)31(32)33/h5-12,17-18,24,27H,2-4,13-16H2,1H3. The Balaban J connectivity index is 1.50. The van der Waals surface area contributed by atoms with E-state index >= 15 is 0 Å². The zero-order valence-electron chi connectivity index (χ0n) is 19.4. The van der Waals surface area contributed by atoms with Gasteiger partial charge in [0.2, 0.25) is 0 Å². The minimum absolute atomic E-state index is 0.104. The number of hydrogen-bond donors (Lipinski definition) is 0. The molecular weight excluding hydrogens is 431 g/mol. The zero-order valence-corrected chi connectivity index (χ0v) is 19.4. The van der Waals surface area contributed by atoms with Crippen molar-refractivity contribution < 1.29 is 14.1 Å². The van der Waals surface area contributed by atoms with Crippen molar-refractivity contribution in [3.8, 4) is 11.1 Å². The molecule has 2 aliphatic carbocycles. The van der Waals surface area contributed by atoms with Crippen LogP contribution in [0.1, 0.15) is 74.3 Å². The van der Waals surface area contributed by atoms with Gasteiger partial charge in [0.25, 0.3) is 5.69 Å². The summed E-state index contributed by atoms with van der Waals surface area (Å²) in [6.45, 7) is 2.31. The van der Waals surface area contributed by atoms with Crippen LogP contribution < -0.4 is 0 Å². The minimum Gasteiger partial charge on any atom is -0.347 e. The maximum absolute atomic E-state index is 13.7. The van der Waals surface area contributed by atoms with Gasteiger partial charge in [-0.3, -0.25) is 10.1 Å². The molecule has 2 unspecified atom stereocenters. The summed E-state index contributed by atoms with van der Waals surface area (Å²) < 4.78 is 23.2. The number of nitro groups is 1. The fraction of sp³-hybridized carbons (Fsp3) is 0.429. The van der Waals surface area contributed by atoms with Gasteiger partial charge in [-0.15, -0.1) is 0 Å². The van der Waals surface area contributed by atoms with E-state index in [2.05, 4.69) is 17.7 Å². The van der Waals surface area contributed by atoms with E-state index in [9.17, 15) is 14.5 Å². The number of non-ortho nitro benzene ring substituents is 1. The average Bonchev–Trinajstić information content (AvgIpc) is 3.25. The molecule has 0 amide bonds. The Labute approximate surface area is 198 Å². The van der Waals surface area contributed by atoms with Gasteiger partial charge in [0, 0.05) is 35.5 Å². The number of fused-ring (bicyclic) bond motifs is 1. The highest BCUT2D eigenvalue weighted by Crippen LogP contribution is 2.56. The van der Waals surface area contributed by atoms with E-state index in [0.717, 1.165) is 56.1 Å². The van der Waals surface area contributed by atoms with Crippen LogP contribution >= 0.6 is 0 Å². The van der Waals surface area contributed by atoms with Crippen molar-refractivity contribution in [2.75, 3.05) is 0 Å². The van der Waals surface area contributed by atoms with Gasteiger partial charge < -0.3 is 9.30 Å². The zero-order chi connectivity index (χ0) is 23.4. The molecule has 6 heteroatoms. The fourth-order valence-electron chi connectivity index (χ4n) is 6.40. The highest BCUT2D eigenvalue weighted by atomic mass is 19.1. The number of aromatic nitrogens is 1. The third-order valence-electron chi connectivity index (χ3n) is 8.24. The van der Waals surface area contributed by atoms with Crippen molar-refractivity contribution in [3.63, 3.8) is 0 Å². The van der Waals surface area contributed by atoms with Crippen LogP contribution in [0.25, 0.3) is 11.1 Å². The Bertz CT molecular complexity index is 1220. The smallest absolute Gasteiger partial charge is 0.269 e. The molecule has 1 aromatic heterocycles. The van der Waals surface area contributed by atoms with Crippen LogP contribution in [0.3, 0.4) is 0 Å². The van der Waals surface area contributed by atoms with E-state index in [0.29, 0.717) is 5.92 Å². The maximum Gasteiger partial charge on any atom is 0.269 e. The molecule has 1 spiro atoms. The van der Waals surface area contributed by atoms with Crippen molar-refractivity contribution in [2.45, 2.75) is 69.6 Å². The van der Waals surface area contributed by atoms with E-state index in [1.54, 1.807) is 12.1 Å². The largest absolute Gasteiger partial charge is 0.347 e. The van der Waals surface area contributed by atoms with Crippen LogP contribution in [0.5, 0.6) is 0 Å². The van der Waals surface area contributed by atoms with Crippen LogP contribution in [-0.2, 0) is 16.9 Å². The van der Waals surface area contributed by atoms with Gasteiger partial charge in [-0.05, 0) is 91.8 Å². The quantitative estimate of drug-likeness (QED) is 0.305. The van der Waals surface area contributed by atoms with Crippen LogP contribution in [0, 0.1) is 21.8 Å². The second kappa shape index (κ2) is 8.05. The number of nitro benzene ring substituents is 1. The van der Waals surface area contributed by atoms with Crippen molar-refractivity contribution in [2.24, 2.45) is 5.92 Å². The first kappa shape index (κ1) is 21.5. The van der Waals surface area contributed by atoms with Gasteiger partial charge in [-0.2, -0.15) is 0 Å². The van der Waals surface area contributed by atoms with E-state index < -0.39 is 5.72 Å². The van der Waals surface area contributed by atoms with Gasteiger partial charge >= 0.3 is 0 Å². The highest BCUT2D eigenvalue weighted by molar-refractivity contribution is 5.70. The monoisotopic (exact) mass is 460 g/mol. The molecule has 176 valence electrons. The summed E-state index contributed by atoms with van der Waals surface area (Å²) in [7, 11) is 0. The molecular formula is C28H29FN2O3. The van der Waals surface area contributed by atoms with E-state index in [1.807, 2.05) is 24.3 Å². The lowest BCUT2D eigenvalue weighted by Crippen LogP contribution is -2.47. The molecule has 2 heterocycles. The third-order valence-corrected chi connectivity index (χ3v) is 8.24. The summed E-state index contributed by atoms with van der Waals surface area (Å²) in [6.07, 6.45) is 9.34. The Morgan fingerprint density at radius 3 is 2.44 bits per heavy atom. The molecule has 2 aromatic carbocycles. The molecule has 3 aromatic rings. The van der Waals surface area contributed by atoms with Crippen molar-refractivity contribution in [1.29, 1.82) is 0 Å². The Kier molecular flexibility index (Phi) is 5.10. The van der Waals surface area contributed by atoms with Crippen molar-refractivity contribution in [1.82, 2.24) is 4.57 Å². The predicted molar refractivity (Wildman–Crippen MR) is 128 cm³/mol. The second-order valence-electron chi connectivity index (χ2n) is 10.3. The van der Waals surface area contributed by atoms with E-state index in [-0.39, 0.29) is 28.4 Å². The van der Waals surface area contributed by atoms with Crippen molar-refractivity contribution in [3.05, 3.63) is 87.5 Å². The Hall–Kier alpha value is -2.99. The lowest BCUT2D eigenvalue weighted by atomic mass is 9.76. The molecule has 0 bridgehead atoms. The first-order valence-corrected chi connectivity index (χ1v) is 12.4. The van der Waals surface area contributed by atoms with Gasteiger partial charge in [-0.25, -0.2) is 4.39 Å². The molecule has 1 fully saturated rings. The first-order valence-electron chi connectivity index (χ1n) is 12.4. The topological polar surface area (TPSA) is 57.3 Å². The van der Waals surface area contributed by atoms with E-state index in [1.165, 1.54) is 29.0 Å². The molecule has 0 radical (unpaired) electrons. The number of nitrogens with zero attached hydrogens (tertiary/aromatic N) is 2. The number of hydrogen-bond acceptors (Lipinski definition) is 3. The molecule has 1 aliphatic heterocycles. The highest BCUT2D eigenvalue weighted by Gasteiger charge is 2.49. The maximum atomic E-state index is 13.7. The Morgan fingerprint density at radius 1 is 1.06 bits per heavy atom. The lowest BCUT2D eigenvalue weighted by Gasteiger charge is -2.50. The summed E-state index contributed by atoms with van der Waals surface area (Å²) in [5.74, 6) is 0.649. The molecule has 2 atom stereocenters. The molecule has 1 saturated carbocycles. The molecule has 0 N–H and O–H groups in total. The average molecular weight is 461 g/mol. The molecule has 6 rings (SSSR count). The molecule has 3 aliphatic rings. The van der Waals surface area contributed by atoms with Crippen LogP contribution in [0.15, 0.2) is 54.7 Å². The number of ether oxygens (including phenoxy) is 1. The van der Waals surface area contributed by atoms with Gasteiger partial charge in [0.1, 0.15) is 11.5 Å². The molecule has 34 heavy (non-hydrogen) atoms. The minimum atomic E-state index is -0.408. The van der Waals surface area contributed by atoms with Crippen LogP contribution in [-0.4, -0.2) is 9.49 Å². The normalized spacial score (nSPS) is 28.0. The number of benzene rings is 2. The third kappa shape index (κ3) is 3.38. The van der Waals surface area contributed by atoms with Crippen molar-refractivity contribution >= 4 is 5.69 Å². The molecule has 0 saturated heterocycles. The van der Waals surface area contributed by atoms with Gasteiger partial charge in [0.15, 0.2) is 0 Å². The second-order valence-corrected chi connectivity index (χ2v) is 10.3. The summed E-state index contributed by atoms with van der Waals surface area (Å²) in [6, 6.07) is 13.7. The number of rotatable bonds is 3. The summed E-state index contributed by atoms with van der Waals surface area (Å²) in [5, 5.41) is 11.2. The lowest BCUT2D eigenvalue weighted by molar-refractivity contribution is -0.384. The number of halogens is 1. The summed E-state index contributed by atoms with van der Waals surface area (Å²) in [4.78, 5) is 10.9. The fourth-order valence-corrected chi connectivity index (χ4v) is 6.40. The Morgan fingerprint density at radius 2 is 1.76 bits per heavy atom. The summed E-state index contributed by atoms with van der Waals surface area (Å²) in [5.41, 5.74) is 5.65. The predicted octanol–water partition coefficient (Wildman–Crippen LogP) is 7.26. The van der Waals surface area contributed by atoms with Gasteiger partial charge in [0.05, 0.1) is 11.0 Å². The van der Waals surface area contributed by atoms with E-state index in [4.69, 9.17) is 4.74 Å². The SMILES string of the molecule is CC1CCC2(CC1)OC(c1ccc([N+](=O)[O-])cc1)C1CCCc3c(-c4ccc(F)cc4)cn2c31. The van der Waals surface area contributed by atoms with Crippen LogP contribution in [0.2, 0.25) is 0 Å².